The summed E-state index contributed by atoms with van der Waals surface area (Å²) in [4.78, 5) is 57.7. The SMILES string of the molecule is COc1ccc2ccc3cc2c1CCCCOC(=O)N[C@@H](C(C)(C)C)C(=O)N1C[C@@]3(OC)C[C@H]1C(=O)N[C@]1(C(=O)NS(=O)(=O)C2CC2)CC1C1CC1. The molecule has 3 aliphatic carbocycles. The molecule has 1 unspecified atom stereocenters. The molecule has 52 heavy (non-hydrogen) atoms. The highest BCUT2D eigenvalue weighted by Gasteiger charge is 2.67. The Labute approximate surface area is 304 Å². The first kappa shape index (κ1) is 36.4. The molecule has 2 aliphatic heterocycles. The summed E-state index contributed by atoms with van der Waals surface area (Å²) in [6.45, 7) is 5.61. The molecule has 2 aromatic rings. The Kier molecular flexibility index (Phi) is 9.24. The number of nitrogens with one attached hydrogen (secondary N) is 3. The Balaban J connectivity index is 1.29. The molecule has 282 valence electrons. The third-order valence-corrected chi connectivity index (χ3v) is 13.5. The number of aryl methyl sites for hydroxylation is 1. The number of fused-ring (bicyclic) bond motifs is 4. The monoisotopic (exact) mass is 738 g/mol. The average molecular weight is 739 g/mol. The summed E-state index contributed by atoms with van der Waals surface area (Å²) >= 11 is 0. The van der Waals surface area contributed by atoms with Crippen molar-refractivity contribution in [3.8, 4) is 5.75 Å². The number of carbonyl (C=O) groups is 4. The van der Waals surface area contributed by atoms with E-state index in [0.29, 0.717) is 32.1 Å². The summed E-state index contributed by atoms with van der Waals surface area (Å²) in [6, 6.07) is 7.74. The van der Waals surface area contributed by atoms with Crippen molar-refractivity contribution in [2.45, 2.75) is 107 Å². The third-order valence-electron chi connectivity index (χ3n) is 11.7. The second-order valence-electron chi connectivity index (χ2n) is 16.4. The van der Waals surface area contributed by atoms with Crippen molar-refractivity contribution in [1.82, 2.24) is 20.3 Å². The van der Waals surface area contributed by atoms with E-state index in [4.69, 9.17) is 14.2 Å². The topological polar surface area (TPSA) is 169 Å². The molecule has 3 N–H and O–H groups in total. The lowest BCUT2D eigenvalue weighted by Crippen LogP contribution is -2.60. The van der Waals surface area contributed by atoms with Crippen molar-refractivity contribution in [1.29, 1.82) is 0 Å². The zero-order chi connectivity index (χ0) is 37.2. The van der Waals surface area contributed by atoms with Crippen molar-refractivity contribution in [2.75, 3.05) is 27.4 Å². The highest BCUT2D eigenvalue weighted by Crippen LogP contribution is 2.57. The number of hydrogen-bond acceptors (Lipinski definition) is 9. The molecule has 1 saturated heterocycles. The maximum absolute atomic E-state index is 14.7. The first-order valence-electron chi connectivity index (χ1n) is 18.4. The summed E-state index contributed by atoms with van der Waals surface area (Å²) in [7, 11) is -0.682. The Morgan fingerprint density at radius 3 is 2.40 bits per heavy atom. The van der Waals surface area contributed by atoms with Crippen molar-refractivity contribution < 1.29 is 41.8 Å². The second-order valence-corrected chi connectivity index (χ2v) is 18.3. The molecule has 4 fully saturated rings. The lowest BCUT2D eigenvalue weighted by Gasteiger charge is -2.36. The Bertz CT molecular complexity index is 1900. The molecular weight excluding hydrogens is 689 g/mol. The van der Waals surface area contributed by atoms with E-state index < -0.39 is 67.7 Å². The predicted molar refractivity (Wildman–Crippen MR) is 192 cm³/mol. The average Bonchev–Trinajstić information content (AvgIpc) is 3.97. The maximum Gasteiger partial charge on any atom is 0.407 e. The van der Waals surface area contributed by atoms with E-state index in [2.05, 4.69) is 15.4 Å². The fourth-order valence-corrected chi connectivity index (χ4v) is 9.62. The molecule has 0 aromatic heterocycles. The molecule has 2 aromatic carbocycles. The molecule has 5 aliphatic rings. The fraction of sp³-hybridized carbons (Fsp3) is 0.632. The van der Waals surface area contributed by atoms with Gasteiger partial charge in [-0.15, -0.1) is 0 Å². The summed E-state index contributed by atoms with van der Waals surface area (Å²) in [6.07, 6.45) is 4.40. The lowest BCUT2D eigenvalue weighted by molar-refractivity contribution is -0.143. The standard InChI is InChI=1S/C38H50N4O9S/c1-36(2,3)31-33(44)42-21-37(50-5,24-13-11-22-12-16-30(49-4)26(27(22)18-24)8-6-7-17-51-35(46)39-31)20-29(42)32(43)40-38(19-28(38)23-9-10-23)34(45)41-52(47,48)25-14-15-25/h11-13,16,18,23,25,28-29,31H,6-10,14-15,17,19-21H2,1-5H3,(H,39,46)(H,40,43)(H,41,45)/t28?,29-,31+,37-,38+/m0/s1. The van der Waals surface area contributed by atoms with E-state index in [-0.39, 0.29) is 31.4 Å². The van der Waals surface area contributed by atoms with Gasteiger partial charge < -0.3 is 29.7 Å². The highest BCUT2D eigenvalue weighted by atomic mass is 32.2. The van der Waals surface area contributed by atoms with E-state index in [9.17, 15) is 27.6 Å². The number of methoxy groups -OCH3 is 2. The van der Waals surface area contributed by atoms with Gasteiger partial charge in [0.15, 0.2) is 0 Å². The van der Waals surface area contributed by atoms with Gasteiger partial charge in [-0.3, -0.25) is 19.1 Å². The van der Waals surface area contributed by atoms with Gasteiger partial charge in [0.2, 0.25) is 21.8 Å². The molecule has 3 saturated carbocycles. The van der Waals surface area contributed by atoms with Crippen LogP contribution in [0.3, 0.4) is 0 Å². The third kappa shape index (κ3) is 6.72. The summed E-state index contributed by atoms with van der Waals surface area (Å²) in [5, 5.41) is 7.09. The summed E-state index contributed by atoms with van der Waals surface area (Å²) < 4.78 is 45.6. The number of cyclic esters (lactones) is 1. The number of carbonyl (C=O) groups excluding carboxylic acids is 4. The van der Waals surface area contributed by atoms with Gasteiger partial charge in [-0.25, -0.2) is 13.2 Å². The first-order valence-corrected chi connectivity index (χ1v) is 19.9. The number of ether oxygens (including phenoxy) is 3. The summed E-state index contributed by atoms with van der Waals surface area (Å²) in [5.41, 5.74) is -1.56. The van der Waals surface area contributed by atoms with E-state index in [1.807, 2.05) is 51.1 Å². The smallest absolute Gasteiger partial charge is 0.407 e. The zero-order valence-corrected chi connectivity index (χ0v) is 31.4. The van der Waals surface area contributed by atoms with Gasteiger partial charge in [-0.2, -0.15) is 0 Å². The zero-order valence-electron chi connectivity index (χ0n) is 30.6. The Morgan fingerprint density at radius 2 is 1.75 bits per heavy atom. The Morgan fingerprint density at radius 1 is 1.02 bits per heavy atom. The van der Waals surface area contributed by atoms with Crippen LogP contribution in [0.4, 0.5) is 4.79 Å². The van der Waals surface area contributed by atoms with Crippen molar-refractivity contribution in [2.24, 2.45) is 17.3 Å². The van der Waals surface area contributed by atoms with Crippen LogP contribution in [0.5, 0.6) is 5.75 Å². The minimum absolute atomic E-state index is 0.0180. The van der Waals surface area contributed by atoms with Gasteiger partial charge in [-0.1, -0.05) is 39.0 Å². The number of rotatable bonds is 8. The van der Waals surface area contributed by atoms with Crippen LogP contribution >= 0.6 is 0 Å². The van der Waals surface area contributed by atoms with Crippen molar-refractivity contribution in [3.63, 3.8) is 0 Å². The largest absolute Gasteiger partial charge is 0.496 e. The van der Waals surface area contributed by atoms with Gasteiger partial charge in [-0.05, 0) is 97.1 Å². The van der Waals surface area contributed by atoms with Crippen molar-refractivity contribution >= 4 is 44.6 Å². The molecule has 7 rings (SSSR count). The molecule has 4 bridgehead atoms. The molecule has 13 nitrogen and oxygen atoms in total. The quantitative estimate of drug-likeness (QED) is 0.366. The highest BCUT2D eigenvalue weighted by molar-refractivity contribution is 7.91. The van der Waals surface area contributed by atoms with Crippen LogP contribution in [0.2, 0.25) is 0 Å². The summed E-state index contributed by atoms with van der Waals surface area (Å²) in [5.74, 6) is -1.07. The van der Waals surface area contributed by atoms with Crippen LogP contribution in [-0.4, -0.2) is 87.4 Å². The van der Waals surface area contributed by atoms with E-state index >= 15 is 0 Å². The van der Waals surface area contributed by atoms with Gasteiger partial charge in [0, 0.05) is 19.1 Å². The Hall–Kier alpha value is -3.91. The van der Waals surface area contributed by atoms with Crippen molar-refractivity contribution in [3.05, 3.63) is 41.5 Å². The second kappa shape index (κ2) is 13.2. The molecular formula is C38H50N4O9S. The molecule has 14 heteroatoms. The van der Waals surface area contributed by atoms with Crippen LogP contribution < -0.4 is 20.1 Å². The van der Waals surface area contributed by atoms with E-state index in [1.54, 1.807) is 14.2 Å². The number of benzene rings is 2. The molecule has 4 amide bonds. The number of hydrogen-bond donors (Lipinski definition) is 3. The van der Waals surface area contributed by atoms with Crippen LogP contribution in [0, 0.1) is 17.3 Å². The van der Waals surface area contributed by atoms with E-state index in [1.165, 1.54) is 4.90 Å². The molecule has 0 spiro atoms. The van der Waals surface area contributed by atoms with Crippen LogP contribution in [0.15, 0.2) is 30.3 Å². The number of alkyl carbamates (subject to hydrolysis) is 1. The van der Waals surface area contributed by atoms with E-state index in [0.717, 1.165) is 46.9 Å². The number of sulfonamides is 1. The van der Waals surface area contributed by atoms with Gasteiger partial charge in [0.25, 0.3) is 5.91 Å². The van der Waals surface area contributed by atoms with Crippen LogP contribution in [0.25, 0.3) is 10.8 Å². The number of amides is 4. The molecule has 2 heterocycles. The van der Waals surface area contributed by atoms with Crippen LogP contribution in [0.1, 0.15) is 83.3 Å². The van der Waals surface area contributed by atoms with Gasteiger partial charge in [0.1, 0.15) is 29.0 Å². The fourth-order valence-electron chi connectivity index (χ4n) is 8.25. The normalized spacial score (nSPS) is 29.7. The first-order chi connectivity index (χ1) is 24.6. The lowest BCUT2D eigenvalue weighted by atomic mass is 9.85. The van der Waals surface area contributed by atoms with Gasteiger partial charge in [0.05, 0.1) is 25.5 Å². The maximum atomic E-state index is 14.7. The predicted octanol–water partition coefficient (Wildman–Crippen LogP) is 3.66. The number of nitrogens with zero attached hydrogens (tertiary/aromatic N) is 1. The minimum atomic E-state index is -3.86. The molecule has 5 atom stereocenters. The molecule has 0 radical (unpaired) electrons. The van der Waals surface area contributed by atoms with Crippen LogP contribution in [-0.2, 0) is 45.9 Å². The minimum Gasteiger partial charge on any atom is -0.496 e. The van der Waals surface area contributed by atoms with Gasteiger partial charge >= 0.3 is 6.09 Å².